The van der Waals surface area contributed by atoms with Crippen LogP contribution in [0, 0.1) is 0 Å². The Hall–Kier alpha value is -0.460. The molecule has 15 heavy (non-hydrogen) atoms. The minimum atomic E-state index is -3.04. The Balaban J connectivity index is 2.33. The molecule has 1 fully saturated rings. The van der Waals surface area contributed by atoms with Crippen molar-refractivity contribution in [3.8, 4) is 0 Å². The number of piperazine rings is 1. The number of hydrogen-bond acceptors (Lipinski definition) is 4. The molecule has 1 rings (SSSR count). The van der Waals surface area contributed by atoms with Crippen LogP contribution in [0.15, 0.2) is 0 Å². The van der Waals surface area contributed by atoms with Crippen molar-refractivity contribution in [3.63, 3.8) is 0 Å². The van der Waals surface area contributed by atoms with Crippen LogP contribution in [-0.2, 0) is 14.8 Å². The zero-order valence-electron chi connectivity index (χ0n) is 9.27. The third-order valence-electron chi connectivity index (χ3n) is 2.58. The Morgan fingerprint density at radius 2 is 1.73 bits per heavy atom. The third-order valence-corrected chi connectivity index (χ3v) is 3.88. The average molecular weight is 234 g/mol. The van der Waals surface area contributed by atoms with Gasteiger partial charge < -0.3 is 4.90 Å². The van der Waals surface area contributed by atoms with Gasteiger partial charge in [-0.25, -0.2) is 8.42 Å². The number of rotatable bonds is 4. The molecule has 1 aliphatic rings. The predicted octanol–water partition coefficient (Wildman–Crippen LogP) is -0.457. The fourth-order valence-electron chi connectivity index (χ4n) is 1.60. The number of hydrogen-bond donors (Lipinski definition) is 0. The average Bonchev–Trinajstić information content (AvgIpc) is 2.14. The Bertz CT molecular complexity index is 318. The van der Waals surface area contributed by atoms with Crippen LogP contribution >= 0.6 is 0 Å². The lowest BCUT2D eigenvalue weighted by atomic mass is 10.2. The van der Waals surface area contributed by atoms with Crippen molar-refractivity contribution in [2.24, 2.45) is 0 Å². The SMILES string of the molecule is CC(=O)CCN1CCN(S(C)(=O)=O)CC1. The monoisotopic (exact) mass is 234 g/mol. The zero-order chi connectivity index (χ0) is 11.5. The van der Waals surface area contributed by atoms with E-state index < -0.39 is 10.0 Å². The number of Topliss-reactive ketones (excluding diaryl/α,β-unsaturated/α-hetero) is 1. The van der Waals surface area contributed by atoms with Crippen LogP contribution in [0.2, 0.25) is 0 Å². The quantitative estimate of drug-likeness (QED) is 0.660. The first-order valence-electron chi connectivity index (χ1n) is 5.06. The van der Waals surface area contributed by atoms with E-state index in [-0.39, 0.29) is 5.78 Å². The Morgan fingerprint density at radius 1 is 1.20 bits per heavy atom. The molecule has 1 aliphatic heterocycles. The lowest BCUT2D eigenvalue weighted by Gasteiger charge is -2.32. The Labute approximate surface area is 91.1 Å². The first kappa shape index (κ1) is 12.6. The standard InChI is InChI=1S/C9H18N2O3S/c1-9(12)3-4-10-5-7-11(8-6-10)15(2,13)14/h3-8H2,1-2H3. The van der Waals surface area contributed by atoms with Gasteiger partial charge in [0, 0.05) is 39.1 Å². The molecule has 0 atom stereocenters. The smallest absolute Gasteiger partial charge is 0.211 e. The van der Waals surface area contributed by atoms with Crippen LogP contribution in [-0.4, -0.2) is 62.4 Å². The minimum Gasteiger partial charge on any atom is -0.300 e. The highest BCUT2D eigenvalue weighted by Crippen LogP contribution is 2.06. The number of ketones is 1. The number of carbonyl (C=O) groups is 1. The van der Waals surface area contributed by atoms with Gasteiger partial charge in [0.1, 0.15) is 5.78 Å². The summed E-state index contributed by atoms with van der Waals surface area (Å²) < 4.78 is 23.9. The first-order chi connectivity index (χ1) is 6.89. The molecule has 0 N–H and O–H groups in total. The second kappa shape index (κ2) is 5.05. The van der Waals surface area contributed by atoms with Gasteiger partial charge in [0.25, 0.3) is 0 Å². The summed E-state index contributed by atoms with van der Waals surface area (Å²) in [5.74, 6) is 0.181. The summed E-state index contributed by atoms with van der Waals surface area (Å²) in [6.45, 7) is 4.84. The molecule has 0 amide bonds. The van der Waals surface area contributed by atoms with E-state index in [9.17, 15) is 13.2 Å². The van der Waals surface area contributed by atoms with E-state index in [2.05, 4.69) is 4.90 Å². The molecule has 1 heterocycles. The van der Waals surface area contributed by atoms with Crippen molar-refractivity contribution in [1.29, 1.82) is 0 Å². The molecule has 5 nitrogen and oxygen atoms in total. The van der Waals surface area contributed by atoms with E-state index >= 15 is 0 Å². The number of nitrogens with zero attached hydrogens (tertiary/aromatic N) is 2. The maximum atomic E-state index is 11.2. The molecule has 0 aromatic carbocycles. The van der Waals surface area contributed by atoms with Gasteiger partial charge >= 0.3 is 0 Å². The summed E-state index contributed by atoms with van der Waals surface area (Å²) in [7, 11) is -3.04. The van der Waals surface area contributed by atoms with Gasteiger partial charge in [-0.15, -0.1) is 0 Å². The summed E-state index contributed by atoms with van der Waals surface area (Å²) in [6.07, 6.45) is 1.79. The molecule has 0 unspecified atom stereocenters. The van der Waals surface area contributed by atoms with Crippen LogP contribution in [0.3, 0.4) is 0 Å². The molecule has 0 spiro atoms. The molecule has 1 saturated heterocycles. The second-order valence-corrected chi connectivity index (χ2v) is 5.94. The molecular weight excluding hydrogens is 216 g/mol. The number of sulfonamides is 1. The molecule has 0 aliphatic carbocycles. The van der Waals surface area contributed by atoms with E-state index in [1.807, 2.05) is 0 Å². The molecule has 0 aromatic rings. The van der Waals surface area contributed by atoms with Gasteiger partial charge in [-0.3, -0.25) is 4.79 Å². The summed E-state index contributed by atoms with van der Waals surface area (Å²) in [5, 5.41) is 0. The van der Waals surface area contributed by atoms with Crippen LogP contribution in [0.4, 0.5) is 0 Å². The summed E-state index contributed by atoms with van der Waals surface area (Å²) in [4.78, 5) is 12.9. The van der Waals surface area contributed by atoms with Crippen molar-refractivity contribution in [2.45, 2.75) is 13.3 Å². The number of carbonyl (C=O) groups excluding carboxylic acids is 1. The van der Waals surface area contributed by atoms with Gasteiger partial charge in [-0.2, -0.15) is 4.31 Å². The lowest BCUT2D eigenvalue weighted by Crippen LogP contribution is -2.48. The van der Waals surface area contributed by atoms with E-state index in [0.29, 0.717) is 19.5 Å². The normalized spacial score (nSPS) is 20.4. The van der Waals surface area contributed by atoms with Crippen LogP contribution in [0.1, 0.15) is 13.3 Å². The molecule has 0 radical (unpaired) electrons. The van der Waals surface area contributed by atoms with Gasteiger partial charge in [0.2, 0.25) is 10.0 Å². The Kier molecular flexibility index (Phi) is 4.24. The van der Waals surface area contributed by atoms with Crippen molar-refractivity contribution in [3.05, 3.63) is 0 Å². The highest BCUT2D eigenvalue weighted by Gasteiger charge is 2.22. The van der Waals surface area contributed by atoms with Gasteiger partial charge in [0.05, 0.1) is 6.26 Å². The highest BCUT2D eigenvalue weighted by molar-refractivity contribution is 7.88. The van der Waals surface area contributed by atoms with Crippen molar-refractivity contribution in [1.82, 2.24) is 9.21 Å². The van der Waals surface area contributed by atoms with Crippen molar-refractivity contribution < 1.29 is 13.2 Å². The highest BCUT2D eigenvalue weighted by atomic mass is 32.2. The molecule has 88 valence electrons. The summed E-state index contributed by atoms with van der Waals surface area (Å²) >= 11 is 0. The van der Waals surface area contributed by atoms with Gasteiger partial charge in [-0.1, -0.05) is 0 Å². The molecule has 0 aromatic heterocycles. The van der Waals surface area contributed by atoms with E-state index in [1.165, 1.54) is 10.6 Å². The first-order valence-corrected chi connectivity index (χ1v) is 6.91. The molecule has 6 heteroatoms. The summed E-state index contributed by atoms with van der Waals surface area (Å²) in [5.41, 5.74) is 0. The minimum absolute atomic E-state index is 0.181. The van der Waals surface area contributed by atoms with E-state index in [4.69, 9.17) is 0 Å². The van der Waals surface area contributed by atoms with Crippen molar-refractivity contribution in [2.75, 3.05) is 39.0 Å². The molecular formula is C9H18N2O3S. The van der Waals surface area contributed by atoms with Gasteiger partial charge in [0.15, 0.2) is 0 Å². The maximum Gasteiger partial charge on any atom is 0.211 e. The van der Waals surface area contributed by atoms with Gasteiger partial charge in [-0.05, 0) is 6.92 Å². The largest absolute Gasteiger partial charge is 0.300 e. The third kappa shape index (κ3) is 4.27. The van der Waals surface area contributed by atoms with Crippen molar-refractivity contribution >= 4 is 15.8 Å². The summed E-state index contributed by atoms with van der Waals surface area (Å²) in [6, 6.07) is 0. The fourth-order valence-corrected chi connectivity index (χ4v) is 2.43. The second-order valence-electron chi connectivity index (χ2n) is 3.96. The lowest BCUT2D eigenvalue weighted by molar-refractivity contribution is -0.117. The van der Waals surface area contributed by atoms with Crippen LogP contribution in [0.25, 0.3) is 0 Å². The van der Waals surface area contributed by atoms with E-state index in [1.54, 1.807) is 6.92 Å². The predicted molar refractivity (Wildman–Crippen MR) is 58.2 cm³/mol. The van der Waals surface area contributed by atoms with Crippen LogP contribution in [0.5, 0.6) is 0 Å². The van der Waals surface area contributed by atoms with Crippen LogP contribution < -0.4 is 0 Å². The topological polar surface area (TPSA) is 57.7 Å². The Morgan fingerprint density at radius 3 is 2.13 bits per heavy atom. The van der Waals surface area contributed by atoms with E-state index in [0.717, 1.165) is 19.6 Å². The zero-order valence-corrected chi connectivity index (χ0v) is 10.1. The molecule has 0 bridgehead atoms. The maximum absolute atomic E-state index is 11.2. The molecule has 0 saturated carbocycles. The fraction of sp³-hybridized carbons (Fsp3) is 0.889.